The number of benzene rings is 1. The van der Waals surface area contributed by atoms with Crippen molar-refractivity contribution in [2.45, 2.75) is 19.4 Å². The second-order valence-electron chi connectivity index (χ2n) is 4.24. The first-order valence-electron chi connectivity index (χ1n) is 6.22. The van der Waals surface area contributed by atoms with Crippen molar-refractivity contribution in [2.75, 3.05) is 7.05 Å². The van der Waals surface area contributed by atoms with Crippen LogP contribution in [0.25, 0.3) is 5.69 Å². The van der Waals surface area contributed by atoms with E-state index in [4.69, 9.17) is 0 Å². The topological polar surface area (TPSA) is 67.2 Å². The molecule has 1 amide bonds. The zero-order chi connectivity index (χ0) is 13.8. The second-order valence-corrected chi connectivity index (χ2v) is 4.24. The molecule has 0 aliphatic carbocycles. The highest BCUT2D eigenvalue weighted by molar-refractivity contribution is 5.91. The molecule has 2 rings (SSSR count). The average Bonchev–Trinajstić information content (AvgIpc) is 2.95. The smallest absolute Gasteiger partial charge is 0.271 e. The van der Waals surface area contributed by atoms with E-state index in [0.29, 0.717) is 12.1 Å². The molecular formula is C14H17N3O2. The zero-order valence-electron chi connectivity index (χ0n) is 11.0. The summed E-state index contributed by atoms with van der Waals surface area (Å²) < 4.78 is 1.63. The summed E-state index contributed by atoms with van der Waals surface area (Å²) in [5.74, 6) is -0.211. The van der Waals surface area contributed by atoms with Crippen molar-refractivity contribution >= 4 is 5.91 Å². The van der Waals surface area contributed by atoms with Gasteiger partial charge in [0.1, 0.15) is 0 Å². The maximum atomic E-state index is 11.4. The van der Waals surface area contributed by atoms with Crippen LogP contribution in [0.3, 0.4) is 0 Å². The lowest BCUT2D eigenvalue weighted by atomic mass is 10.1. The van der Waals surface area contributed by atoms with Gasteiger partial charge in [0.05, 0.1) is 11.8 Å². The van der Waals surface area contributed by atoms with E-state index in [1.807, 2.05) is 31.2 Å². The molecular weight excluding hydrogens is 242 g/mol. The monoisotopic (exact) mass is 259 g/mol. The highest BCUT2D eigenvalue weighted by Gasteiger charge is 2.09. The fourth-order valence-electron chi connectivity index (χ4n) is 1.80. The van der Waals surface area contributed by atoms with Crippen molar-refractivity contribution in [2.24, 2.45) is 0 Å². The first kappa shape index (κ1) is 13.3. The minimum atomic E-state index is -0.437. The van der Waals surface area contributed by atoms with Gasteiger partial charge in [0.25, 0.3) is 5.91 Å². The van der Waals surface area contributed by atoms with Gasteiger partial charge in [-0.25, -0.2) is 4.68 Å². The van der Waals surface area contributed by atoms with Crippen LogP contribution in [-0.2, 0) is 0 Å². The Morgan fingerprint density at radius 1 is 1.37 bits per heavy atom. The summed E-state index contributed by atoms with van der Waals surface area (Å²) in [6, 6.07) is 9.13. The van der Waals surface area contributed by atoms with Crippen molar-refractivity contribution < 1.29 is 9.90 Å². The molecule has 0 aliphatic heterocycles. The molecule has 0 radical (unpaired) electrons. The van der Waals surface area contributed by atoms with Crippen LogP contribution in [0.5, 0.6) is 0 Å². The molecule has 0 aliphatic rings. The Labute approximate surface area is 111 Å². The van der Waals surface area contributed by atoms with Gasteiger partial charge in [0, 0.05) is 13.2 Å². The van der Waals surface area contributed by atoms with Crippen LogP contribution in [0.4, 0.5) is 0 Å². The minimum Gasteiger partial charge on any atom is -0.388 e. The van der Waals surface area contributed by atoms with Crippen LogP contribution >= 0.6 is 0 Å². The van der Waals surface area contributed by atoms with Crippen molar-refractivity contribution in [3.8, 4) is 5.69 Å². The SMILES string of the molecule is CC[C@H](O)c1ccc(-n2ccc(C(=O)NC)n2)cc1. The van der Waals surface area contributed by atoms with E-state index in [1.54, 1.807) is 24.0 Å². The molecule has 0 spiro atoms. The number of hydrogen-bond acceptors (Lipinski definition) is 3. The maximum Gasteiger partial charge on any atom is 0.271 e. The van der Waals surface area contributed by atoms with Crippen LogP contribution in [0.2, 0.25) is 0 Å². The predicted molar refractivity (Wildman–Crippen MR) is 72.2 cm³/mol. The van der Waals surface area contributed by atoms with Crippen LogP contribution in [0, 0.1) is 0 Å². The molecule has 0 saturated heterocycles. The highest BCUT2D eigenvalue weighted by Crippen LogP contribution is 2.18. The molecule has 2 aromatic rings. The number of amides is 1. The first-order chi connectivity index (χ1) is 9.15. The molecule has 0 unspecified atom stereocenters. The van der Waals surface area contributed by atoms with Gasteiger partial charge < -0.3 is 10.4 Å². The Bertz CT molecular complexity index is 560. The summed E-state index contributed by atoms with van der Waals surface area (Å²) in [6.07, 6.45) is 1.98. The molecule has 0 bridgehead atoms. The van der Waals surface area contributed by atoms with Gasteiger partial charge in [-0.1, -0.05) is 19.1 Å². The standard InChI is InChI=1S/C14H17N3O2/c1-3-13(18)10-4-6-11(7-5-10)17-9-8-12(16-17)14(19)15-2/h4-9,13,18H,3H2,1-2H3,(H,15,19)/t13-/m0/s1. The van der Waals surface area contributed by atoms with Crippen LogP contribution in [0.15, 0.2) is 36.5 Å². The number of nitrogens with zero attached hydrogens (tertiary/aromatic N) is 2. The number of carbonyl (C=O) groups excluding carboxylic acids is 1. The molecule has 1 aromatic heterocycles. The largest absolute Gasteiger partial charge is 0.388 e. The molecule has 100 valence electrons. The lowest BCUT2D eigenvalue weighted by Crippen LogP contribution is -2.18. The highest BCUT2D eigenvalue weighted by atomic mass is 16.3. The van der Waals surface area contributed by atoms with Crippen molar-refractivity contribution in [3.63, 3.8) is 0 Å². The van der Waals surface area contributed by atoms with Gasteiger partial charge in [-0.2, -0.15) is 5.10 Å². The number of hydrogen-bond donors (Lipinski definition) is 2. The normalized spacial score (nSPS) is 12.2. The molecule has 1 heterocycles. The lowest BCUT2D eigenvalue weighted by molar-refractivity contribution is 0.0957. The summed E-state index contributed by atoms with van der Waals surface area (Å²) in [7, 11) is 1.57. The van der Waals surface area contributed by atoms with Crippen LogP contribution in [-0.4, -0.2) is 27.8 Å². The predicted octanol–water partition coefficient (Wildman–Crippen LogP) is 1.68. The molecule has 5 nitrogen and oxygen atoms in total. The fourth-order valence-corrected chi connectivity index (χ4v) is 1.80. The van der Waals surface area contributed by atoms with Crippen LogP contribution < -0.4 is 5.32 Å². The number of rotatable bonds is 4. The number of aromatic nitrogens is 2. The third-order valence-corrected chi connectivity index (χ3v) is 2.98. The second kappa shape index (κ2) is 5.67. The van der Waals surface area contributed by atoms with E-state index < -0.39 is 6.10 Å². The van der Waals surface area contributed by atoms with Crippen molar-refractivity contribution in [3.05, 3.63) is 47.8 Å². The number of aliphatic hydroxyl groups is 1. The van der Waals surface area contributed by atoms with Crippen molar-refractivity contribution in [1.82, 2.24) is 15.1 Å². The van der Waals surface area contributed by atoms with E-state index in [1.165, 1.54) is 0 Å². The van der Waals surface area contributed by atoms with Crippen molar-refractivity contribution in [1.29, 1.82) is 0 Å². The molecule has 0 fully saturated rings. The van der Waals surface area contributed by atoms with E-state index in [-0.39, 0.29) is 5.91 Å². The summed E-state index contributed by atoms with van der Waals surface area (Å²) in [5, 5.41) is 16.4. The Kier molecular flexibility index (Phi) is 3.97. The summed E-state index contributed by atoms with van der Waals surface area (Å²) in [5.41, 5.74) is 2.10. The van der Waals surface area contributed by atoms with E-state index in [9.17, 15) is 9.90 Å². The van der Waals surface area contributed by atoms with Crippen LogP contribution in [0.1, 0.15) is 35.5 Å². The Morgan fingerprint density at radius 2 is 2.05 bits per heavy atom. The quantitative estimate of drug-likeness (QED) is 0.877. The molecule has 1 aromatic carbocycles. The van der Waals surface area contributed by atoms with Gasteiger partial charge in [-0.05, 0) is 30.2 Å². The average molecular weight is 259 g/mol. The summed E-state index contributed by atoms with van der Waals surface area (Å²) in [4.78, 5) is 11.4. The number of aliphatic hydroxyl groups excluding tert-OH is 1. The molecule has 2 N–H and O–H groups in total. The Balaban J connectivity index is 2.22. The summed E-state index contributed by atoms with van der Waals surface area (Å²) in [6.45, 7) is 1.93. The van der Waals surface area contributed by atoms with E-state index in [0.717, 1.165) is 11.3 Å². The third kappa shape index (κ3) is 2.82. The number of carbonyl (C=O) groups is 1. The molecule has 0 saturated carbocycles. The zero-order valence-corrected chi connectivity index (χ0v) is 11.0. The van der Waals surface area contributed by atoms with E-state index >= 15 is 0 Å². The number of nitrogens with one attached hydrogen (secondary N) is 1. The molecule has 5 heteroatoms. The van der Waals surface area contributed by atoms with Gasteiger partial charge in [0.15, 0.2) is 5.69 Å². The van der Waals surface area contributed by atoms with Gasteiger partial charge >= 0.3 is 0 Å². The lowest BCUT2D eigenvalue weighted by Gasteiger charge is -2.08. The minimum absolute atomic E-state index is 0.211. The molecule has 19 heavy (non-hydrogen) atoms. The Hall–Kier alpha value is -2.14. The maximum absolute atomic E-state index is 11.4. The third-order valence-electron chi connectivity index (χ3n) is 2.98. The fraction of sp³-hybridized carbons (Fsp3) is 0.286. The Morgan fingerprint density at radius 3 is 2.63 bits per heavy atom. The summed E-state index contributed by atoms with van der Waals surface area (Å²) >= 11 is 0. The molecule has 1 atom stereocenters. The van der Waals surface area contributed by atoms with E-state index in [2.05, 4.69) is 10.4 Å². The first-order valence-corrected chi connectivity index (χ1v) is 6.22. The van der Waals surface area contributed by atoms with Gasteiger partial charge in [-0.15, -0.1) is 0 Å². The van der Waals surface area contributed by atoms with Gasteiger partial charge in [0.2, 0.25) is 0 Å². The van der Waals surface area contributed by atoms with Gasteiger partial charge in [-0.3, -0.25) is 4.79 Å².